The lowest BCUT2D eigenvalue weighted by Gasteiger charge is -2.12. The molecule has 0 aliphatic heterocycles. The summed E-state index contributed by atoms with van der Waals surface area (Å²) >= 11 is 0. The molecule has 0 heteroatoms. The van der Waals surface area contributed by atoms with Crippen LogP contribution in [-0.4, -0.2) is 0 Å². The first-order valence-corrected chi connectivity index (χ1v) is 3.70. The van der Waals surface area contributed by atoms with Crippen molar-refractivity contribution in [3.8, 4) is 0 Å². The highest BCUT2D eigenvalue weighted by Gasteiger charge is 2.06. The van der Waals surface area contributed by atoms with Crippen LogP contribution >= 0.6 is 0 Å². The highest BCUT2D eigenvalue weighted by Crippen LogP contribution is 2.21. The summed E-state index contributed by atoms with van der Waals surface area (Å²) in [4.78, 5) is 0. The molecule has 3 radical (unpaired) electrons. The molecule has 0 saturated heterocycles. The minimum absolute atomic E-state index is 1.12. The van der Waals surface area contributed by atoms with E-state index in [4.69, 9.17) is 0 Å². The minimum Gasteiger partial charge on any atom is -0.0575 e. The molecule has 0 aromatic heterocycles. The highest BCUT2D eigenvalue weighted by atomic mass is 14.1. The third-order valence-electron chi connectivity index (χ3n) is 1.89. The van der Waals surface area contributed by atoms with Crippen molar-refractivity contribution in [1.82, 2.24) is 0 Å². The van der Waals surface area contributed by atoms with Crippen LogP contribution in [0.4, 0.5) is 0 Å². The van der Waals surface area contributed by atoms with Crippen molar-refractivity contribution in [3.05, 3.63) is 41.8 Å². The zero-order valence-electron chi connectivity index (χ0n) is 5.85. The zero-order valence-corrected chi connectivity index (χ0v) is 5.85. The van der Waals surface area contributed by atoms with Crippen molar-refractivity contribution in [2.75, 3.05) is 0 Å². The van der Waals surface area contributed by atoms with Gasteiger partial charge in [0.05, 0.1) is 0 Å². The maximum absolute atomic E-state index is 3.34. The van der Waals surface area contributed by atoms with Gasteiger partial charge in [-0.05, 0) is 36.5 Å². The Hall–Kier alpha value is -0.780. The number of fused-ring (bicyclic) bond motifs is 1. The van der Waals surface area contributed by atoms with Crippen LogP contribution in [-0.2, 0) is 6.42 Å². The Morgan fingerprint density at radius 2 is 2.40 bits per heavy atom. The molecule has 10 heavy (non-hydrogen) atoms. The molecule has 0 amide bonds. The maximum atomic E-state index is 3.34. The zero-order chi connectivity index (χ0) is 6.81. The van der Waals surface area contributed by atoms with E-state index < -0.39 is 0 Å². The average Bonchev–Trinajstić information content (AvgIpc) is 2.05. The summed E-state index contributed by atoms with van der Waals surface area (Å²) in [6.07, 6.45) is 6.93. The number of benzene rings is 1. The fourth-order valence-electron chi connectivity index (χ4n) is 1.35. The fraction of sp³-hybridized carbons (Fsp3) is 0.300. The summed E-state index contributed by atoms with van der Waals surface area (Å²) in [5, 5.41) is 0. The van der Waals surface area contributed by atoms with E-state index >= 15 is 0 Å². The highest BCUT2D eigenvalue weighted by molar-refractivity contribution is 5.34. The molecule has 2 rings (SSSR count). The number of aryl methyl sites for hydroxylation is 1. The largest absolute Gasteiger partial charge is 0.0575 e. The van der Waals surface area contributed by atoms with E-state index in [-0.39, 0.29) is 0 Å². The van der Waals surface area contributed by atoms with Crippen LogP contribution in [0, 0.1) is 12.5 Å². The molecule has 0 atom stereocenters. The van der Waals surface area contributed by atoms with Gasteiger partial charge in [0.2, 0.25) is 0 Å². The lowest BCUT2D eigenvalue weighted by atomic mass is 9.92. The van der Waals surface area contributed by atoms with E-state index in [1.54, 1.807) is 0 Å². The van der Waals surface area contributed by atoms with Gasteiger partial charge < -0.3 is 0 Å². The Morgan fingerprint density at radius 3 is 3.30 bits per heavy atom. The Bertz CT molecular complexity index is 200. The lowest BCUT2D eigenvalue weighted by molar-refractivity contribution is 0.775. The summed E-state index contributed by atoms with van der Waals surface area (Å²) < 4.78 is 0. The SMILES string of the molecule is [C]1CCCc2c[c]ccc21. The van der Waals surface area contributed by atoms with E-state index in [1.165, 1.54) is 24.0 Å². The molecule has 1 aromatic rings. The third kappa shape index (κ3) is 0.942. The van der Waals surface area contributed by atoms with Crippen LogP contribution in [0.25, 0.3) is 0 Å². The first-order valence-electron chi connectivity index (χ1n) is 3.70. The molecule has 0 saturated carbocycles. The second-order valence-corrected chi connectivity index (χ2v) is 2.61. The topological polar surface area (TPSA) is 0 Å². The molecule has 1 aliphatic rings. The van der Waals surface area contributed by atoms with Gasteiger partial charge >= 0.3 is 0 Å². The monoisotopic (exact) mass is 129 g/mol. The van der Waals surface area contributed by atoms with Gasteiger partial charge in [0.25, 0.3) is 0 Å². The second kappa shape index (κ2) is 2.45. The van der Waals surface area contributed by atoms with Gasteiger partial charge in [-0.3, -0.25) is 0 Å². The summed E-state index contributed by atoms with van der Waals surface area (Å²) in [5.41, 5.74) is 2.71. The normalized spacial score (nSPS) is 16.4. The predicted molar refractivity (Wildman–Crippen MR) is 40.6 cm³/mol. The molecule has 1 aromatic carbocycles. The van der Waals surface area contributed by atoms with Crippen LogP contribution in [0.3, 0.4) is 0 Å². The molecular formula is C10H9. The molecule has 49 valence electrons. The van der Waals surface area contributed by atoms with Crippen LogP contribution in [0.1, 0.15) is 24.0 Å². The van der Waals surface area contributed by atoms with Crippen molar-refractivity contribution >= 4 is 0 Å². The summed E-state index contributed by atoms with van der Waals surface area (Å²) in [6, 6.07) is 9.20. The van der Waals surface area contributed by atoms with Gasteiger partial charge in [-0.2, -0.15) is 0 Å². The van der Waals surface area contributed by atoms with E-state index in [9.17, 15) is 0 Å². The van der Waals surface area contributed by atoms with E-state index in [0.29, 0.717) is 0 Å². The fourth-order valence-corrected chi connectivity index (χ4v) is 1.35. The summed E-state index contributed by atoms with van der Waals surface area (Å²) in [6.45, 7) is 0. The number of rotatable bonds is 0. The van der Waals surface area contributed by atoms with Gasteiger partial charge in [-0.15, -0.1) is 0 Å². The Labute approximate surface area is 61.9 Å². The van der Waals surface area contributed by atoms with Crippen LogP contribution in [0.2, 0.25) is 0 Å². The van der Waals surface area contributed by atoms with Gasteiger partial charge in [0, 0.05) is 6.42 Å². The second-order valence-electron chi connectivity index (χ2n) is 2.61. The van der Waals surface area contributed by atoms with Crippen LogP contribution < -0.4 is 0 Å². The molecule has 0 spiro atoms. The summed E-state index contributed by atoms with van der Waals surface area (Å²) in [7, 11) is 0. The molecule has 0 nitrogen and oxygen atoms in total. The molecule has 0 fully saturated rings. The van der Waals surface area contributed by atoms with E-state index in [2.05, 4.69) is 24.6 Å². The molecule has 0 bridgehead atoms. The third-order valence-corrected chi connectivity index (χ3v) is 1.89. The van der Waals surface area contributed by atoms with Crippen molar-refractivity contribution < 1.29 is 0 Å². The number of hydrogen-bond acceptors (Lipinski definition) is 0. The smallest absolute Gasteiger partial charge is 0.0167 e. The minimum atomic E-state index is 1.12. The van der Waals surface area contributed by atoms with E-state index in [1.807, 2.05) is 6.07 Å². The van der Waals surface area contributed by atoms with Crippen molar-refractivity contribution in [2.24, 2.45) is 0 Å². The Balaban J connectivity index is 2.41. The van der Waals surface area contributed by atoms with Gasteiger partial charge in [0.1, 0.15) is 0 Å². The molecule has 0 N–H and O–H groups in total. The average molecular weight is 129 g/mol. The van der Waals surface area contributed by atoms with Crippen LogP contribution in [0.5, 0.6) is 0 Å². The van der Waals surface area contributed by atoms with E-state index in [0.717, 1.165) is 6.42 Å². The first-order chi connectivity index (χ1) is 4.97. The first kappa shape index (κ1) is 5.96. The standard InChI is InChI=1S/C10H9/c1-2-6-10-8-4-3-7-9(10)5-1/h1,5-6H,3-4,8H2. The Kier molecular flexibility index (Phi) is 1.46. The molecule has 0 heterocycles. The summed E-state index contributed by atoms with van der Waals surface area (Å²) in [5.74, 6) is 0. The lowest BCUT2D eigenvalue weighted by Crippen LogP contribution is -1.99. The molecule has 1 aliphatic carbocycles. The predicted octanol–water partition coefficient (Wildman–Crippen LogP) is 2.25. The van der Waals surface area contributed by atoms with Crippen molar-refractivity contribution in [2.45, 2.75) is 19.3 Å². The van der Waals surface area contributed by atoms with Gasteiger partial charge in [0.15, 0.2) is 0 Å². The quantitative estimate of drug-likeness (QED) is 0.504. The molecular weight excluding hydrogens is 120 g/mol. The Morgan fingerprint density at radius 1 is 1.40 bits per heavy atom. The molecule has 0 unspecified atom stereocenters. The maximum Gasteiger partial charge on any atom is 0.0167 e. The van der Waals surface area contributed by atoms with Crippen molar-refractivity contribution in [1.29, 1.82) is 0 Å². The van der Waals surface area contributed by atoms with Gasteiger partial charge in [-0.1, -0.05) is 18.2 Å². The number of hydrogen-bond donors (Lipinski definition) is 0. The van der Waals surface area contributed by atoms with Crippen LogP contribution in [0.15, 0.2) is 18.2 Å². The van der Waals surface area contributed by atoms with Gasteiger partial charge in [-0.25, -0.2) is 0 Å². The van der Waals surface area contributed by atoms with Crippen molar-refractivity contribution in [3.63, 3.8) is 0 Å².